The summed E-state index contributed by atoms with van der Waals surface area (Å²) in [6, 6.07) is 0. The highest BCUT2D eigenvalue weighted by molar-refractivity contribution is 7.85. The summed E-state index contributed by atoms with van der Waals surface area (Å²) >= 11 is 0. The zero-order chi connectivity index (χ0) is 11.2. The van der Waals surface area contributed by atoms with Gasteiger partial charge in [-0.25, -0.2) is 8.78 Å². The molecule has 0 saturated heterocycles. The molecule has 0 amide bonds. The third-order valence-electron chi connectivity index (χ3n) is 1.63. The van der Waals surface area contributed by atoms with Crippen LogP contribution in [0.15, 0.2) is 0 Å². The first-order valence-electron chi connectivity index (χ1n) is 4.16. The van der Waals surface area contributed by atoms with Gasteiger partial charge in [-0.3, -0.25) is 8.94 Å². The summed E-state index contributed by atoms with van der Waals surface area (Å²) < 4.78 is 65.6. The van der Waals surface area contributed by atoms with E-state index in [0.717, 1.165) is 0 Å². The first-order valence-corrected chi connectivity index (χ1v) is 5.77. The van der Waals surface area contributed by atoms with Crippen LogP contribution in [0, 0.1) is 0 Å². The van der Waals surface area contributed by atoms with Crippen LogP contribution in [-0.2, 0) is 10.1 Å². The van der Waals surface area contributed by atoms with E-state index in [0.29, 0.717) is 0 Å². The molecular formula is C7H16F3NO3S. The molecule has 0 aromatic carbocycles. The lowest BCUT2D eigenvalue weighted by Crippen LogP contribution is -2.26. The van der Waals surface area contributed by atoms with Crippen LogP contribution in [0.2, 0.25) is 0 Å². The molecule has 0 rings (SSSR count). The van der Waals surface area contributed by atoms with Crippen molar-refractivity contribution in [3.05, 3.63) is 0 Å². The van der Waals surface area contributed by atoms with Crippen molar-refractivity contribution in [3.63, 3.8) is 0 Å². The van der Waals surface area contributed by atoms with Crippen molar-refractivity contribution in [2.24, 2.45) is 0 Å². The Morgan fingerprint density at radius 2 is 1.67 bits per heavy atom. The predicted molar refractivity (Wildman–Crippen MR) is 51.1 cm³/mol. The lowest BCUT2D eigenvalue weighted by molar-refractivity contribution is 0.168. The fourth-order valence-corrected chi connectivity index (χ4v) is 1.53. The quantitative estimate of drug-likeness (QED) is 0.533. The van der Waals surface area contributed by atoms with Gasteiger partial charge in [-0.15, -0.1) is 0 Å². The van der Waals surface area contributed by atoms with Crippen LogP contribution in [0.3, 0.4) is 0 Å². The summed E-state index contributed by atoms with van der Waals surface area (Å²) in [5, 5.41) is 0. The minimum Gasteiger partial charge on any atom is -0.344 e. The van der Waals surface area contributed by atoms with Crippen LogP contribution in [0.25, 0.3) is 0 Å². The Morgan fingerprint density at radius 3 is 2.07 bits per heavy atom. The first-order chi connectivity index (χ1) is 6.37. The maximum Gasteiger partial charge on any atom is 0.267 e. The summed E-state index contributed by atoms with van der Waals surface area (Å²) in [5.74, 6) is -1.25. The van der Waals surface area contributed by atoms with E-state index >= 15 is 0 Å². The number of hydrogen-bond acceptors (Lipinski definition) is 3. The van der Waals surface area contributed by atoms with Gasteiger partial charge in [0.2, 0.25) is 0 Å². The molecule has 0 aromatic heterocycles. The van der Waals surface area contributed by atoms with E-state index in [2.05, 4.69) is 0 Å². The van der Waals surface area contributed by atoms with Crippen molar-refractivity contribution in [2.75, 3.05) is 12.4 Å². The third-order valence-corrected chi connectivity index (χ3v) is 2.37. The van der Waals surface area contributed by atoms with Gasteiger partial charge in [0.1, 0.15) is 18.1 Å². The highest BCUT2D eigenvalue weighted by Crippen LogP contribution is 2.13. The van der Waals surface area contributed by atoms with Crippen LogP contribution in [-0.4, -0.2) is 37.7 Å². The fourth-order valence-electron chi connectivity index (χ4n) is 0.920. The van der Waals surface area contributed by atoms with Gasteiger partial charge in [0, 0.05) is 0 Å². The Bertz CT molecular complexity index is 248. The van der Waals surface area contributed by atoms with Gasteiger partial charge in [0.05, 0.1) is 6.67 Å². The minimum absolute atomic E-state index is 0. The second kappa shape index (κ2) is 7.89. The average Bonchev–Trinajstić information content (AvgIpc) is 2.01. The number of halogens is 3. The Morgan fingerprint density at radius 1 is 1.13 bits per heavy atom. The molecule has 2 unspecified atom stereocenters. The van der Waals surface area contributed by atoms with Crippen molar-refractivity contribution < 1.29 is 26.1 Å². The maximum absolute atomic E-state index is 12.8. The fraction of sp³-hybridized carbons (Fsp3) is 1.00. The molecule has 0 bridgehead atoms. The molecule has 0 aliphatic carbocycles. The lowest BCUT2D eigenvalue weighted by Gasteiger charge is -2.11. The molecule has 4 nitrogen and oxygen atoms in total. The minimum atomic E-state index is -4.49. The van der Waals surface area contributed by atoms with Crippen LogP contribution in [0.1, 0.15) is 19.3 Å². The van der Waals surface area contributed by atoms with Crippen molar-refractivity contribution in [1.29, 1.82) is 0 Å². The van der Waals surface area contributed by atoms with Gasteiger partial charge in [-0.05, 0) is 19.3 Å². The molecule has 0 saturated carbocycles. The molecule has 0 radical (unpaired) electrons. The lowest BCUT2D eigenvalue weighted by atomic mass is 10.1. The van der Waals surface area contributed by atoms with E-state index < -0.39 is 34.9 Å². The summed E-state index contributed by atoms with van der Waals surface area (Å²) in [6.45, 7) is -0.609. The van der Waals surface area contributed by atoms with Crippen molar-refractivity contribution in [2.45, 2.75) is 31.6 Å². The number of unbranched alkanes of at least 4 members (excludes halogenated alkanes) is 1. The summed E-state index contributed by atoms with van der Waals surface area (Å²) in [7, 11) is -4.49. The normalized spacial score (nSPS) is 15.5. The number of alkyl halides is 3. The first kappa shape index (κ1) is 17.1. The molecule has 0 spiro atoms. The van der Waals surface area contributed by atoms with Crippen LogP contribution in [0.4, 0.5) is 13.2 Å². The molecule has 15 heavy (non-hydrogen) atoms. The number of rotatable bonds is 7. The van der Waals surface area contributed by atoms with Gasteiger partial charge in [-0.1, -0.05) is 0 Å². The SMILES string of the molecule is N.O=S(=O)(O)CC(F)C(F)CCCCF. The zero-order valence-corrected chi connectivity index (χ0v) is 9.02. The second-order valence-corrected chi connectivity index (χ2v) is 4.46. The van der Waals surface area contributed by atoms with Crippen molar-refractivity contribution >= 4 is 10.1 Å². The molecule has 0 aliphatic rings. The highest BCUT2D eigenvalue weighted by atomic mass is 32.2. The Balaban J connectivity index is 0. The molecule has 0 aromatic rings. The average molecular weight is 251 g/mol. The van der Waals surface area contributed by atoms with Crippen molar-refractivity contribution in [3.8, 4) is 0 Å². The Kier molecular flexibility index (Phi) is 8.98. The van der Waals surface area contributed by atoms with Crippen LogP contribution in [0.5, 0.6) is 0 Å². The predicted octanol–water partition coefficient (Wildman–Crippen LogP) is 1.85. The van der Waals surface area contributed by atoms with Gasteiger partial charge >= 0.3 is 0 Å². The molecule has 4 N–H and O–H groups in total. The standard InChI is InChI=1S/C7H13F3O3S.H3N/c8-4-2-1-3-6(9)7(10)5-14(11,12)13;/h6-7H,1-5H2,(H,11,12,13);1H3. The van der Waals surface area contributed by atoms with E-state index in [1.807, 2.05) is 0 Å². The summed E-state index contributed by atoms with van der Waals surface area (Å²) in [5.41, 5.74) is 0. The number of hydrogen-bond donors (Lipinski definition) is 2. The Labute approximate surface area is 87.2 Å². The zero-order valence-electron chi connectivity index (χ0n) is 8.20. The van der Waals surface area contributed by atoms with E-state index in [4.69, 9.17) is 4.55 Å². The van der Waals surface area contributed by atoms with E-state index in [9.17, 15) is 21.6 Å². The molecule has 2 atom stereocenters. The maximum atomic E-state index is 12.8. The van der Waals surface area contributed by atoms with E-state index in [1.54, 1.807) is 0 Å². The van der Waals surface area contributed by atoms with Gasteiger partial charge in [0.25, 0.3) is 10.1 Å². The molecule has 94 valence electrons. The van der Waals surface area contributed by atoms with E-state index in [1.165, 1.54) is 0 Å². The van der Waals surface area contributed by atoms with Gasteiger partial charge in [0.15, 0.2) is 0 Å². The van der Waals surface area contributed by atoms with E-state index in [-0.39, 0.29) is 25.4 Å². The molecule has 0 heterocycles. The summed E-state index contributed by atoms with van der Waals surface area (Å²) in [6.07, 6.45) is -4.17. The monoisotopic (exact) mass is 251 g/mol. The molecular weight excluding hydrogens is 235 g/mol. The largest absolute Gasteiger partial charge is 0.344 e. The molecule has 0 aliphatic heterocycles. The highest BCUT2D eigenvalue weighted by Gasteiger charge is 2.25. The Hall–Kier alpha value is -0.340. The van der Waals surface area contributed by atoms with Crippen molar-refractivity contribution in [1.82, 2.24) is 6.15 Å². The smallest absolute Gasteiger partial charge is 0.267 e. The third kappa shape index (κ3) is 9.95. The van der Waals surface area contributed by atoms with Gasteiger partial charge < -0.3 is 6.15 Å². The second-order valence-electron chi connectivity index (χ2n) is 2.97. The summed E-state index contributed by atoms with van der Waals surface area (Å²) in [4.78, 5) is 0. The topological polar surface area (TPSA) is 89.4 Å². The van der Waals surface area contributed by atoms with Crippen LogP contribution < -0.4 is 6.15 Å². The molecule has 0 fully saturated rings. The molecule has 8 heteroatoms. The van der Waals surface area contributed by atoms with Crippen LogP contribution >= 0.6 is 0 Å². The van der Waals surface area contributed by atoms with Gasteiger partial charge in [-0.2, -0.15) is 8.42 Å².